The molecule has 4 aromatic rings. The molecule has 5 rings (SSSR count). The van der Waals surface area contributed by atoms with Crippen molar-refractivity contribution >= 4 is 41.0 Å². The molecular formula is C31H27ClN2O7S. The molecule has 0 N–H and O–H groups in total. The Labute approximate surface area is 249 Å². The van der Waals surface area contributed by atoms with Gasteiger partial charge in [0.15, 0.2) is 4.80 Å². The number of carbonyl (C=O) groups is 2. The van der Waals surface area contributed by atoms with Crippen LogP contribution in [0.2, 0.25) is 5.02 Å². The van der Waals surface area contributed by atoms with Gasteiger partial charge in [-0.3, -0.25) is 9.36 Å². The molecule has 9 nitrogen and oxygen atoms in total. The summed E-state index contributed by atoms with van der Waals surface area (Å²) < 4.78 is 23.7. The van der Waals surface area contributed by atoms with Crippen LogP contribution in [0.5, 0.6) is 5.75 Å². The number of carbonyl (C=O) groups excluding carboxylic acids is 2. The van der Waals surface area contributed by atoms with E-state index in [0.717, 1.165) is 0 Å². The molecule has 0 amide bonds. The second-order valence-corrected chi connectivity index (χ2v) is 11.1. The van der Waals surface area contributed by atoms with Crippen LogP contribution in [0.25, 0.3) is 17.4 Å². The molecule has 0 saturated heterocycles. The molecule has 3 heterocycles. The van der Waals surface area contributed by atoms with Gasteiger partial charge in [-0.1, -0.05) is 35.1 Å². The van der Waals surface area contributed by atoms with Gasteiger partial charge in [0.2, 0.25) is 0 Å². The highest BCUT2D eigenvalue weighted by molar-refractivity contribution is 7.07. The largest absolute Gasteiger partial charge is 0.497 e. The Kier molecular flexibility index (Phi) is 8.20. The second kappa shape index (κ2) is 11.8. The number of aromatic nitrogens is 1. The Hall–Kier alpha value is -4.41. The zero-order valence-electron chi connectivity index (χ0n) is 23.5. The van der Waals surface area contributed by atoms with Crippen LogP contribution in [0.15, 0.2) is 80.1 Å². The molecule has 216 valence electrons. The molecule has 2 aromatic carbocycles. The van der Waals surface area contributed by atoms with Gasteiger partial charge in [0.05, 0.1) is 47.7 Å². The SMILES string of the molecule is COC(=O)c1ccc(Cl)cc1-c1ccc(/C=c2\sc3n(c2=O)[C@H](c2cccc(OC)c2)C(C(=O)OC(C)C)=C(C)N=3)o1. The topological polar surface area (TPSA) is 109 Å². The minimum atomic E-state index is -0.786. The lowest BCUT2D eigenvalue weighted by Crippen LogP contribution is -2.40. The number of thiazole rings is 1. The number of hydrogen-bond donors (Lipinski definition) is 0. The number of allylic oxidation sites excluding steroid dienone is 1. The van der Waals surface area contributed by atoms with Crippen LogP contribution in [0.1, 0.15) is 48.5 Å². The van der Waals surface area contributed by atoms with Crippen molar-refractivity contribution in [2.24, 2.45) is 4.99 Å². The molecule has 0 radical (unpaired) electrons. The highest BCUT2D eigenvalue weighted by Crippen LogP contribution is 2.33. The molecule has 11 heteroatoms. The van der Waals surface area contributed by atoms with E-state index in [4.69, 9.17) is 30.2 Å². The molecule has 1 atom stereocenters. The summed E-state index contributed by atoms with van der Waals surface area (Å²) in [4.78, 5) is 44.5. The molecule has 42 heavy (non-hydrogen) atoms. The van der Waals surface area contributed by atoms with E-state index in [1.165, 1.54) is 23.0 Å². The molecule has 1 aliphatic rings. The van der Waals surface area contributed by atoms with E-state index < -0.39 is 18.0 Å². The third-order valence-electron chi connectivity index (χ3n) is 6.55. The molecule has 2 aromatic heterocycles. The first kappa shape index (κ1) is 29.1. The maximum atomic E-state index is 13.9. The Balaban J connectivity index is 1.64. The average Bonchev–Trinajstić information content (AvgIpc) is 3.55. The van der Waals surface area contributed by atoms with Crippen LogP contribution < -0.4 is 19.6 Å². The van der Waals surface area contributed by atoms with Crippen LogP contribution in [0, 0.1) is 0 Å². The quantitative estimate of drug-likeness (QED) is 0.275. The van der Waals surface area contributed by atoms with Gasteiger partial charge in [0.1, 0.15) is 17.3 Å². The summed E-state index contributed by atoms with van der Waals surface area (Å²) in [7, 11) is 2.84. The van der Waals surface area contributed by atoms with Crippen molar-refractivity contribution in [2.75, 3.05) is 14.2 Å². The fourth-order valence-corrected chi connectivity index (χ4v) is 5.90. The van der Waals surface area contributed by atoms with Gasteiger partial charge in [0.25, 0.3) is 5.56 Å². The number of fused-ring (bicyclic) bond motifs is 1. The molecule has 0 saturated carbocycles. The van der Waals surface area contributed by atoms with Gasteiger partial charge in [-0.2, -0.15) is 0 Å². The van der Waals surface area contributed by atoms with Crippen LogP contribution in [-0.2, 0) is 14.3 Å². The van der Waals surface area contributed by atoms with Crippen molar-refractivity contribution in [3.63, 3.8) is 0 Å². The summed E-state index contributed by atoms with van der Waals surface area (Å²) in [6.45, 7) is 5.25. The fraction of sp³-hybridized carbons (Fsp3) is 0.226. The van der Waals surface area contributed by atoms with Crippen LogP contribution in [-0.4, -0.2) is 36.8 Å². The lowest BCUT2D eigenvalue weighted by atomic mass is 9.95. The van der Waals surface area contributed by atoms with Gasteiger partial charge in [-0.05, 0) is 68.8 Å². The minimum absolute atomic E-state index is 0.271. The Morgan fingerprint density at radius 1 is 1.10 bits per heavy atom. The summed E-state index contributed by atoms with van der Waals surface area (Å²) in [6.07, 6.45) is 1.24. The Morgan fingerprint density at radius 2 is 1.88 bits per heavy atom. The van der Waals surface area contributed by atoms with E-state index in [2.05, 4.69) is 4.99 Å². The van der Waals surface area contributed by atoms with Crippen molar-refractivity contribution in [3.8, 4) is 17.1 Å². The van der Waals surface area contributed by atoms with Crippen LogP contribution in [0.4, 0.5) is 0 Å². The second-order valence-electron chi connectivity index (χ2n) is 9.70. The first-order valence-corrected chi connectivity index (χ1v) is 14.2. The molecule has 0 unspecified atom stereocenters. The number of rotatable bonds is 7. The molecule has 0 aliphatic carbocycles. The fourth-order valence-electron chi connectivity index (χ4n) is 4.70. The number of halogens is 1. The van der Waals surface area contributed by atoms with Crippen molar-refractivity contribution in [2.45, 2.75) is 32.9 Å². The van der Waals surface area contributed by atoms with Gasteiger partial charge in [-0.25, -0.2) is 14.6 Å². The molecular weight excluding hydrogens is 580 g/mol. The molecule has 1 aliphatic heterocycles. The number of esters is 2. The van der Waals surface area contributed by atoms with Gasteiger partial charge in [0, 0.05) is 16.7 Å². The zero-order chi connectivity index (χ0) is 30.1. The van der Waals surface area contributed by atoms with Crippen LogP contribution >= 0.6 is 22.9 Å². The standard InChI is InChI=1S/C31H27ClN2O7S/c1-16(2)40-30(37)26-17(3)33-31-34(27(26)18-7-6-8-20(13-18)38-4)28(35)25(42-31)15-21-10-12-24(41-21)23-14-19(32)9-11-22(23)29(36)39-5/h6-16,27H,1-5H3/b25-15-/t27-/m1/s1. The normalized spacial score (nSPS) is 14.9. The van der Waals surface area contributed by atoms with Crippen molar-refractivity contribution in [1.82, 2.24) is 4.57 Å². The number of methoxy groups -OCH3 is 2. The highest BCUT2D eigenvalue weighted by atomic mass is 35.5. The number of ether oxygens (including phenoxy) is 3. The summed E-state index contributed by atoms with van der Waals surface area (Å²) in [5, 5.41) is 0.420. The molecule has 0 spiro atoms. The third kappa shape index (κ3) is 5.55. The Morgan fingerprint density at radius 3 is 2.60 bits per heavy atom. The maximum Gasteiger partial charge on any atom is 0.338 e. The van der Waals surface area contributed by atoms with Crippen molar-refractivity contribution in [1.29, 1.82) is 0 Å². The molecule has 0 bridgehead atoms. The maximum absolute atomic E-state index is 13.9. The predicted molar refractivity (Wildman–Crippen MR) is 158 cm³/mol. The number of nitrogens with zero attached hydrogens (tertiary/aromatic N) is 2. The van der Waals surface area contributed by atoms with Crippen molar-refractivity contribution in [3.05, 3.63) is 107 Å². The van der Waals surface area contributed by atoms with E-state index >= 15 is 0 Å². The summed E-state index contributed by atoms with van der Waals surface area (Å²) in [5.41, 5.74) is 1.79. The molecule has 0 fully saturated rings. The van der Waals surface area contributed by atoms with Crippen molar-refractivity contribution < 1.29 is 28.2 Å². The van der Waals surface area contributed by atoms with Gasteiger partial charge in [-0.15, -0.1) is 0 Å². The third-order valence-corrected chi connectivity index (χ3v) is 7.76. The van der Waals surface area contributed by atoms with Crippen LogP contribution in [0.3, 0.4) is 0 Å². The average molecular weight is 607 g/mol. The Bertz CT molecular complexity index is 1920. The monoisotopic (exact) mass is 606 g/mol. The van der Waals surface area contributed by atoms with E-state index in [1.807, 2.05) is 6.07 Å². The van der Waals surface area contributed by atoms with Gasteiger partial charge < -0.3 is 18.6 Å². The first-order chi connectivity index (χ1) is 20.1. The number of benzene rings is 2. The first-order valence-electron chi connectivity index (χ1n) is 13.0. The zero-order valence-corrected chi connectivity index (χ0v) is 25.0. The highest BCUT2D eigenvalue weighted by Gasteiger charge is 2.34. The lowest BCUT2D eigenvalue weighted by Gasteiger charge is -2.25. The smallest absolute Gasteiger partial charge is 0.338 e. The van der Waals surface area contributed by atoms with E-state index in [-0.39, 0.29) is 22.8 Å². The lowest BCUT2D eigenvalue weighted by molar-refractivity contribution is -0.143. The number of furan rings is 1. The van der Waals surface area contributed by atoms with Gasteiger partial charge >= 0.3 is 11.9 Å². The minimum Gasteiger partial charge on any atom is -0.497 e. The van der Waals surface area contributed by atoms with E-state index in [0.29, 0.717) is 48.5 Å². The number of hydrogen-bond acceptors (Lipinski definition) is 9. The summed E-state index contributed by atoms with van der Waals surface area (Å²) in [5.74, 6) is 0.246. The van der Waals surface area contributed by atoms with E-state index in [9.17, 15) is 14.4 Å². The summed E-state index contributed by atoms with van der Waals surface area (Å²) >= 11 is 7.36. The summed E-state index contributed by atoms with van der Waals surface area (Å²) in [6, 6.07) is 14.5. The van der Waals surface area contributed by atoms with E-state index in [1.54, 1.807) is 82.5 Å². The predicted octanol–water partition coefficient (Wildman–Crippen LogP) is 4.90.